The summed E-state index contributed by atoms with van der Waals surface area (Å²) < 4.78 is 1.97. The average molecular weight is 386 g/mol. The van der Waals surface area contributed by atoms with E-state index in [9.17, 15) is 4.79 Å². The Hall–Kier alpha value is -1.95. The predicted molar refractivity (Wildman–Crippen MR) is 114 cm³/mol. The molecule has 1 aliphatic rings. The Balaban J connectivity index is 2.05. The summed E-state index contributed by atoms with van der Waals surface area (Å²) >= 11 is 0. The first-order valence-corrected chi connectivity index (χ1v) is 10.5. The zero-order chi connectivity index (χ0) is 20.6. The van der Waals surface area contributed by atoms with Gasteiger partial charge in [-0.1, -0.05) is 13.8 Å². The first-order chi connectivity index (χ1) is 13.1. The number of rotatable bonds is 4. The van der Waals surface area contributed by atoms with Gasteiger partial charge in [-0.2, -0.15) is 5.10 Å². The van der Waals surface area contributed by atoms with Crippen molar-refractivity contribution in [3.63, 3.8) is 0 Å². The fourth-order valence-electron chi connectivity index (χ4n) is 4.04. The minimum atomic E-state index is -0.194. The fourth-order valence-corrected chi connectivity index (χ4v) is 4.04. The van der Waals surface area contributed by atoms with Crippen molar-refractivity contribution in [3.8, 4) is 0 Å². The van der Waals surface area contributed by atoms with Crippen LogP contribution in [-0.2, 0) is 5.54 Å². The lowest BCUT2D eigenvalue weighted by molar-refractivity contribution is 0.0692. The highest BCUT2D eigenvalue weighted by molar-refractivity contribution is 6.06. The number of hydrogen-bond acceptors (Lipinski definition) is 4. The van der Waals surface area contributed by atoms with Gasteiger partial charge < -0.3 is 10.2 Å². The molecule has 1 saturated heterocycles. The Kier molecular flexibility index (Phi) is 5.80. The van der Waals surface area contributed by atoms with Gasteiger partial charge in [0.25, 0.3) is 5.91 Å². The summed E-state index contributed by atoms with van der Waals surface area (Å²) in [5, 5.41) is 8.92. The highest BCUT2D eigenvalue weighted by Gasteiger charge is 2.29. The monoisotopic (exact) mass is 385 g/mol. The normalized spacial score (nSPS) is 16.4. The standard InChI is InChI=1S/C22H35N5O/c1-14(2)18-12-17(21(28)26-10-8-16(9-11-26)13-23-7)19-15(3)25-27(20(19)24-18)22(4,5)6/h12,14,16,23H,8-11,13H2,1-7H3. The minimum absolute atomic E-state index is 0.119. The molecule has 154 valence electrons. The van der Waals surface area contributed by atoms with Gasteiger partial charge in [-0.05, 0) is 72.0 Å². The Morgan fingerprint density at radius 1 is 1.29 bits per heavy atom. The van der Waals surface area contributed by atoms with Crippen LogP contribution >= 0.6 is 0 Å². The highest BCUT2D eigenvalue weighted by Crippen LogP contribution is 2.30. The van der Waals surface area contributed by atoms with Gasteiger partial charge in [0, 0.05) is 18.8 Å². The third-order valence-corrected chi connectivity index (χ3v) is 5.68. The van der Waals surface area contributed by atoms with Crippen molar-refractivity contribution >= 4 is 16.9 Å². The second kappa shape index (κ2) is 7.82. The van der Waals surface area contributed by atoms with Crippen molar-refractivity contribution in [1.82, 2.24) is 25.0 Å². The van der Waals surface area contributed by atoms with Crippen LogP contribution in [0, 0.1) is 12.8 Å². The number of nitrogens with zero attached hydrogens (tertiary/aromatic N) is 4. The Bertz CT molecular complexity index is 854. The number of likely N-dealkylation sites (tertiary alicyclic amines) is 1. The van der Waals surface area contributed by atoms with Crippen LogP contribution in [0.3, 0.4) is 0 Å². The molecule has 0 radical (unpaired) electrons. The smallest absolute Gasteiger partial charge is 0.254 e. The average Bonchev–Trinajstić information content (AvgIpc) is 2.98. The maximum absolute atomic E-state index is 13.5. The van der Waals surface area contributed by atoms with Crippen LogP contribution in [0.25, 0.3) is 11.0 Å². The lowest BCUT2D eigenvalue weighted by atomic mass is 9.95. The minimum Gasteiger partial charge on any atom is -0.339 e. The van der Waals surface area contributed by atoms with Crippen molar-refractivity contribution in [3.05, 3.63) is 23.0 Å². The van der Waals surface area contributed by atoms with E-state index in [-0.39, 0.29) is 17.4 Å². The number of carbonyl (C=O) groups excluding carboxylic acids is 1. The zero-order valence-corrected chi connectivity index (χ0v) is 18.5. The van der Waals surface area contributed by atoms with E-state index in [0.29, 0.717) is 5.92 Å². The summed E-state index contributed by atoms with van der Waals surface area (Å²) in [4.78, 5) is 20.4. The number of aryl methyl sites for hydroxylation is 1. The quantitative estimate of drug-likeness (QED) is 0.872. The molecule has 0 aliphatic carbocycles. The van der Waals surface area contributed by atoms with Gasteiger partial charge in [0.05, 0.1) is 22.2 Å². The second-order valence-corrected chi connectivity index (χ2v) is 9.41. The molecular formula is C22H35N5O. The van der Waals surface area contributed by atoms with Crippen LogP contribution in [0.5, 0.6) is 0 Å². The van der Waals surface area contributed by atoms with Crippen molar-refractivity contribution in [2.45, 2.75) is 65.8 Å². The van der Waals surface area contributed by atoms with E-state index in [1.807, 2.05) is 29.6 Å². The maximum Gasteiger partial charge on any atom is 0.254 e. The molecule has 6 heteroatoms. The van der Waals surface area contributed by atoms with Crippen LogP contribution < -0.4 is 5.32 Å². The van der Waals surface area contributed by atoms with Crippen LogP contribution in [0.4, 0.5) is 0 Å². The van der Waals surface area contributed by atoms with E-state index < -0.39 is 0 Å². The molecule has 0 aromatic carbocycles. The lowest BCUT2D eigenvalue weighted by Gasteiger charge is -2.32. The Morgan fingerprint density at radius 3 is 2.46 bits per heavy atom. The van der Waals surface area contributed by atoms with Crippen LogP contribution in [-0.4, -0.2) is 52.3 Å². The molecule has 3 rings (SSSR count). The van der Waals surface area contributed by atoms with Crippen molar-refractivity contribution < 1.29 is 4.79 Å². The molecule has 6 nitrogen and oxygen atoms in total. The second-order valence-electron chi connectivity index (χ2n) is 9.41. The molecule has 1 amide bonds. The first kappa shape index (κ1) is 20.8. The van der Waals surface area contributed by atoms with Crippen LogP contribution in [0.1, 0.15) is 75.1 Å². The lowest BCUT2D eigenvalue weighted by Crippen LogP contribution is -2.40. The summed E-state index contributed by atoms with van der Waals surface area (Å²) in [6.45, 7) is 15.3. The molecule has 0 bridgehead atoms. The van der Waals surface area contributed by atoms with Gasteiger partial charge >= 0.3 is 0 Å². The number of fused-ring (bicyclic) bond motifs is 1. The third kappa shape index (κ3) is 3.93. The number of carbonyl (C=O) groups is 1. The molecule has 1 aliphatic heterocycles. The van der Waals surface area contributed by atoms with Crippen LogP contribution in [0.15, 0.2) is 6.07 Å². The van der Waals surface area contributed by atoms with E-state index in [1.165, 1.54) is 0 Å². The van der Waals surface area contributed by atoms with Gasteiger partial charge in [-0.3, -0.25) is 4.79 Å². The molecule has 1 fully saturated rings. The van der Waals surface area contributed by atoms with E-state index in [0.717, 1.165) is 60.5 Å². The molecule has 0 unspecified atom stereocenters. The zero-order valence-electron chi connectivity index (χ0n) is 18.5. The highest BCUT2D eigenvalue weighted by atomic mass is 16.2. The molecule has 2 aromatic heterocycles. The maximum atomic E-state index is 13.5. The molecule has 1 N–H and O–H groups in total. The number of nitrogens with one attached hydrogen (secondary N) is 1. The number of amides is 1. The van der Waals surface area contributed by atoms with Gasteiger partial charge in [0.15, 0.2) is 5.65 Å². The Morgan fingerprint density at radius 2 is 1.93 bits per heavy atom. The summed E-state index contributed by atoms with van der Waals surface area (Å²) in [7, 11) is 1.99. The van der Waals surface area contributed by atoms with E-state index >= 15 is 0 Å². The van der Waals surface area contributed by atoms with Gasteiger partial charge in [-0.25, -0.2) is 9.67 Å². The molecule has 28 heavy (non-hydrogen) atoms. The van der Waals surface area contributed by atoms with Crippen molar-refractivity contribution in [1.29, 1.82) is 0 Å². The number of piperidine rings is 1. The fraction of sp³-hybridized carbons (Fsp3) is 0.682. The molecule has 2 aromatic rings. The molecule has 0 atom stereocenters. The Labute approximate surface area is 168 Å². The number of pyridine rings is 1. The first-order valence-electron chi connectivity index (χ1n) is 10.5. The summed E-state index contributed by atoms with van der Waals surface area (Å²) in [6, 6.07) is 2.00. The van der Waals surface area contributed by atoms with Gasteiger partial charge in [-0.15, -0.1) is 0 Å². The van der Waals surface area contributed by atoms with E-state index in [2.05, 4.69) is 39.9 Å². The third-order valence-electron chi connectivity index (χ3n) is 5.68. The molecule has 3 heterocycles. The topological polar surface area (TPSA) is 63.1 Å². The summed E-state index contributed by atoms with van der Waals surface area (Å²) in [5.41, 5.74) is 3.21. The van der Waals surface area contributed by atoms with Crippen LogP contribution in [0.2, 0.25) is 0 Å². The number of aromatic nitrogens is 3. The summed E-state index contributed by atoms with van der Waals surface area (Å²) in [5.74, 6) is 1.03. The molecule has 0 spiro atoms. The van der Waals surface area contributed by atoms with Crippen molar-refractivity contribution in [2.75, 3.05) is 26.7 Å². The van der Waals surface area contributed by atoms with E-state index in [4.69, 9.17) is 10.1 Å². The van der Waals surface area contributed by atoms with Gasteiger partial charge in [0.2, 0.25) is 0 Å². The largest absolute Gasteiger partial charge is 0.339 e. The SMILES string of the molecule is CNCC1CCN(C(=O)c2cc(C(C)C)nc3c2c(C)nn3C(C)(C)C)CC1. The van der Waals surface area contributed by atoms with E-state index in [1.54, 1.807) is 0 Å². The number of hydrogen-bond donors (Lipinski definition) is 1. The van der Waals surface area contributed by atoms with Crippen molar-refractivity contribution in [2.24, 2.45) is 5.92 Å². The molecule has 0 saturated carbocycles. The molecular weight excluding hydrogens is 350 g/mol. The summed E-state index contributed by atoms with van der Waals surface area (Å²) in [6.07, 6.45) is 2.11. The van der Waals surface area contributed by atoms with Gasteiger partial charge in [0.1, 0.15) is 0 Å². The predicted octanol–water partition coefficient (Wildman–Crippen LogP) is 3.69.